The summed E-state index contributed by atoms with van der Waals surface area (Å²) in [6.45, 7) is 4.53. The number of hydrogen-bond donors (Lipinski definition) is 1. The van der Waals surface area contributed by atoms with Gasteiger partial charge in [-0.2, -0.15) is 0 Å². The summed E-state index contributed by atoms with van der Waals surface area (Å²) in [6.07, 6.45) is 2.50. The number of carbonyl (C=O) groups is 1. The van der Waals surface area contributed by atoms with Crippen LogP contribution < -0.4 is 14.8 Å². The van der Waals surface area contributed by atoms with Crippen molar-refractivity contribution in [1.82, 2.24) is 10.2 Å². The summed E-state index contributed by atoms with van der Waals surface area (Å²) < 4.78 is 10.8. The number of halogens is 1. The van der Waals surface area contributed by atoms with Gasteiger partial charge < -0.3 is 19.7 Å². The topological polar surface area (TPSA) is 50.8 Å². The highest BCUT2D eigenvalue weighted by Crippen LogP contribution is 2.36. The van der Waals surface area contributed by atoms with Gasteiger partial charge in [0.05, 0.1) is 0 Å². The van der Waals surface area contributed by atoms with Crippen molar-refractivity contribution in [3.8, 4) is 11.5 Å². The minimum atomic E-state index is 0.245. The molecule has 2 heterocycles. The minimum absolute atomic E-state index is 0.245. The average Bonchev–Trinajstić information content (AvgIpc) is 3.27. The van der Waals surface area contributed by atoms with Crippen LogP contribution in [0, 0.1) is 6.92 Å². The lowest BCUT2D eigenvalue weighted by Gasteiger charge is -2.26. The summed E-state index contributed by atoms with van der Waals surface area (Å²) in [4.78, 5) is 14.4. The van der Waals surface area contributed by atoms with E-state index in [2.05, 4.69) is 24.4 Å². The maximum atomic E-state index is 12.4. The van der Waals surface area contributed by atoms with Gasteiger partial charge in [-0.3, -0.25) is 4.79 Å². The maximum Gasteiger partial charge on any atom is 0.231 e. The fourth-order valence-corrected chi connectivity index (χ4v) is 4.09. The molecule has 6 heteroatoms. The van der Waals surface area contributed by atoms with Crippen LogP contribution in [-0.4, -0.2) is 30.2 Å². The summed E-state index contributed by atoms with van der Waals surface area (Å²) in [7, 11) is 0. The van der Waals surface area contributed by atoms with E-state index >= 15 is 0 Å². The molecule has 0 aromatic heterocycles. The number of benzene rings is 2. The number of nitrogens with zero attached hydrogens (tertiary/aromatic N) is 1. The Morgan fingerprint density at radius 1 is 1.18 bits per heavy atom. The lowest BCUT2D eigenvalue weighted by Crippen LogP contribution is -2.34. The second kappa shape index (κ2) is 8.41. The van der Waals surface area contributed by atoms with Crippen molar-refractivity contribution in [2.75, 3.05) is 13.3 Å². The Morgan fingerprint density at radius 3 is 2.79 bits per heavy atom. The normalized spacial score (nSPS) is 18.1. The standard InChI is InChI=1S/C22H25ClN2O3/c1-15-4-2-3-5-16(15)13-25-18(6-7-22(25)26)8-9-24-12-17-10-20-21(11-19(17)23)28-14-27-20/h2-5,10-11,18,24H,6-9,12-14H2,1H3/t18-/m1/s1. The molecule has 2 aromatic rings. The number of ether oxygens (including phenoxy) is 2. The third kappa shape index (κ3) is 4.10. The average molecular weight is 401 g/mol. The summed E-state index contributed by atoms with van der Waals surface area (Å²) in [6, 6.07) is 12.3. The molecule has 0 aliphatic carbocycles. The number of likely N-dealkylation sites (tertiary alicyclic amines) is 1. The molecule has 5 nitrogen and oxygen atoms in total. The Hall–Kier alpha value is -2.24. The number of amides is 1. The molecule has 1 fully saturated rings. The first kappa shape index (κ1) is 19.1. The zero-order valence-electron chi connectivity index (χ0n) is 16.0. The number of carbonyl (C=O) groups excluding carboxylic acids is 1. The fraction of sp³-hybridized carbons (Fsp3) is 0.409. The Bertz CT molecular complexity index is 871. The molecule has 2 aromatic carbocycles. The quantitative estimate of drug-likeness (QED) is 0.712. The van der Waals surface area contributed by atoms with E-state index in [0.717, 1.165) is 30.7 Å². The van der Waals surface area contributed by atoms with Crippen molar-refractivity contribution in [2.24, 2.45) is 0 Å². The van der Waals surface area contributed by atoms with E-state index in [1.807, 2.05) is 23.1 Å². The molecular formula is C22H25ClN2O3. The summed E-state index contributed by atoms with van der Waals surface area (Å²) in [5.41, 5.74) is 3.45. The van der Waals surface area contributed by atoms with Crippen LogP contribution in [0.3, 0.4) is 0 Å². The number of aryl methyl sites for hydroxylation is 1. The van der Waals surface area contributed by atoms with Gasteiger partial charge in [-0.25, -0.2) is 0 Å². The van der Waals surface area contributed by atoms with E-state index in [-0.39, 0.29) is 18.7 Å². The number of nitrogens with one attached hydrogen (secondary N) is 1. The second-order valence-corrected chi connectivity index (χ2v) is 7.81. The lowest BCUT2D eigenvalue weighted by molar-refractivity contribution is -0.129. The van der Waals surface area contributed by atoms with Crippen molar-refractivity contribution in [3.63, 3.8) is 0 Å². The summed E-state index contributed by atoms with van der Waals surface area (Å²) in [5, 5.41) is 4.13. The van der Waals surface area contributed by atoms with Gasteiger partial charge in [0.2, 0.25) is 12.7 Å². The molecule has 1 atom stereocenters. The summed E-state index contributed by atoms with van der Waals surface area (Å²) >= 11 is 6.33. The molecule has 2 aliphatic rings. The van der Waals surface area contributed by atoms with Gasteiger partial charge in [0, 0.05) is 36.6 Å². The van der Waals surface area contributed by atoms with Crippen molar-refractivity contribution >= 4 is 17.5 Å². The van der Waals surface area contributed by atoms with Gasteiger partial charge in [0.15, 0.2) is 11.5 Å². The van der Waals surface area contributed by atoms with E-state index < -0.39 is 0 Å². The van der Waals surface area contributed by atoms with Crippen molar-refractivity contribution in [2.45, 2.75) is 45.3 Å². The van der Waals surface area contributed by atoms with Crippen LogP contribution in [0.25, 0.3) is 0 Å². The molecule has 148 valence electrons. The van der Waals surface area contributed by atoms with Gasteiger partial charge in [-0.1, -0.05) is 35.9 Å². The Labute approximate surface area is 170 Å². The molecule has 0 unspecified atom stereocenters. The molecule has 4 rings (SSSR count). The monoisotopic (exact) mass is 400 g/mol. The molecule has 0 saturated carbocycles. The third-order valence-corrected chi connectivity index (χ3v) is 5.92. The van der Waals surface area contributed by atoms with Crippen LogP contribution >= 0.6 is 11.6 Å². The van der Waals surface area contributed by atoms with E-state index in [1.54, 1.807) is 6.07 Å². The highest BCUT2D eigenvalue weighted by Gasteiger charge is 2.30. The Morgan fingerprint density at radius 2 is 1.96 bits per heavy atom. The summed E-state index contributed by atoms with van der Waals surface area (Å²) in [5.74, 6) is 1.70. The third-order valence-electron chi connectivity index (χ3n) is 5.57. The van der Waals surface area contributed by atoms with Gasteiger partial charge in [0.25, 0.3) is 0 Å². The molecule has 1 amide bonds. The van der Waals surface area contributed by atoms with Crippen molar-refractivity contribution in [1.29, 1.82) is 0 Å². The number of rotatable bonds is 7. The van der Waals surface area contributed by atoms with Crippen LogP contribution in [-0.2, 0) is 17.9 Å². The molecule has 28 heavy (non-hydrogen) atoms. The van der Waals surface area contributed by atoms with Gasteiger partial charge in [-0.15, -0.1) is 0 Å². The highest BCUT2D eigenvalue weighted by molar-refractivity contribution is 6.31. The van der Waals surface area contributed by atoms with Crippen molar-refractivity contribution in [3.05, 3.63) is 58.1 Å². The predicted molar refractivity (Wildman–Crippen MR) is 109 cm³/mol. The predicted octanol–water partition coefficient (Wildman–Crippen LogP) is 4.05. The van der Waals surface area contributed by atoms with E-state index in [0.29, 0.717) is 30.3 Å². The highest BCUT2D eigenvalue weighted by atomic mass is 35.5. The van der Waals surface area contributed by atoms with Crippen LogP contribution in [0.4, 0.5) is 0 Å². The van der Waals surface area contributed by atoms with Crippen LogP contribution in [0.1, 0.15) is 36.0 Å². The van der Waals surface area contributed by atoms with Gasteiger partial charge >= 0.3 is 0 Å². The Kier molecular flexibility index (Phi) is 5.74. The smallest absolute Gasteiger partial charge is 0.231 e. The lowest BCUT2D eigenvalue weighted by atomic mass is 10.1. The van der Waals surface area contributed by atoms with Gasteiger partial charge in [0.1, 0.15) is 0 Å². The molecule has 1 N–H and O–H groups in total. The zero-order chi connectivity index (χ0) is 19.5. The van der Waals surface area contributed by atoms with Gasteiger partial charge in [-0.05, 0) is 49.1 Å². The molecular weight excluding hydrogens is 376 g/mol. The van der Waals surface area contributed by atoms with Crippen LogP contribution in [0.15, 0.2) is 36.4 Å². The number of fused-ring (bicyclic) bond motifs is 1. The SMILES string of the molecule is Cc1ccccc1CN1C(=O)CC[C@@H]1CCNCc1cc2c(cc1Cl)OCO2. The first-order valence-electron chi connectivity index (χ1n) is 9.74. The van der Waals surface area contributed by atoms with Crippen molar-refractivity contribution < 1.29 is 14.3 Å². The van der Waals surface area contributed by atoms with E-state index in [9.17, 15) is 4.79 Å². The molecule has 0 radical (unpaired) electrons. The first-order valence-corrected chi connectivity index (χ1v) is 10.1. The molecule has 2 aliphatic heterocycles. The molecule has 1 saturated heterocycles. The molecule has 0 spiro atoms. The maximum absolute atomic E-state index is 12.4. The van der Waals surface area contributed by atoms with E-state index in [4.69, 9.17) is 21.1 Å². The first-order chi connectivity index (χ1) is 13.6. The van der Waals surface area contributed by atoms with E-state index in [1.165, 1.54) is 11.1 Å². The largest absolute Gasteiger partial charge is 0.454 e. The zero-order valence-corrected chi connectivity index (χ0v) is 16.8. The molecule has 0 bridgehead atoms. The van der Waals surface area contributed by atoms with Crippen LogP contribution in [0.2, 0.25) is 5.02 Å². The fourth-order valence-electron chi connectivity index (χ4n) is 3.87. The minimum Gasteiger partial charge on any atom is -0.454 e. The van der Waals surface area contributed by atoms with Crippen LogP contribution in [0.5, 0.6) is 11.5 Å². The second-order valence-electron chi connectivity index (χ2n) is 7.40. The number of hydrogen-bond acceptors (Lipinski definition) is 4. The Balaban J connectivity index is 1.31.